The third-order valence-corrected chi connectivity index (χ3v) is 7.94. The lowest BCUT2D eigenvalue weighted by atomic mass is 10.1. The number of carbonyl (C=O) groups excluding carboxylic acids is 2. The van der Waals surface area contributed by atoms with E-state index in [-0.39, 0.29) is 23.9 Å². The van der Waals surface area contributed by atoms with Gasteiger partial charge in [-0.15, -0.1) is 0 Å². The number of methoxy groups -OCH3 is 2. The molecule has 1 aliphatic rings. The minimum atomic E-state index is -1.11. The van der Waals surface area contributed by atoms with Crippen molar-refractivity contribution in [3.05, 3.63) is 124 Å². The summed E-state index contributed by atoms with van der Waals surface area (Å²) in [5.74, 6) is -3.12. The van der Waals surface area contributed by atoms with Crippen LogP contribution in [0.25, 0.3) is 0 Å². The van der Waals surface area contributed by atoms with E-state index in [1.165, 1.54) is 45.4 Å². The van der Waals surface area contributed by atoms with E-state index in [1.807, 2.05) is 24.3 Å². The molecule has 11 heteroatoms. The van der Waals surface area contributed by atoms with Crippen molar-refractivity contribution in [2.75, 3.05) is 14.2 Å². The van der Waals surface area contributed by atoms with Gasteiger partial charge in [0, 0.05) is 29.7 Å². The molecular weight excluding hydrogens is 593 g/mol. The minimum absolute atomic E-state index is 0.0437. The first-order valence-corrected chi connectivity index (χ1v) is 14.3. The van der Waals surface area contributed by atoms with E-state index < -0.39 is 34.3 Å². The number of hydrogen-bond acceptors (Lipinski definition) is 7. The fourth-order valence-corrected chi connectivity index (χ4v) is 5.89. The van der Waals surface area contributed by atoms with E-state index in [1.54, 1.807) is 18.2 Å². The van der Waals surface area contributed by atoms with Gasteiger partial charge in [0.05, 0.1) is 14.2 Å². The van der Waals surface area contributed by atoms with Gasteiger partial charge in [-0.25, -0.2) is 18.2 Å². The Labute approximate surface area is 256 Å². The Hall–Kier alpha value is -4.77. The Kier molecular flexibility index (Phi) is 9.24. The van der Waals surface area contributed by atoms with Gasteiger partial charge in [0.15, 0.2) is 11.5 Å². The lowest BCUT2D eigenvalue weighted by Crippen LogP contribution is -2.28. The summed E-state index contributed by atoms with van der Waals surface area (Å²) in [6, 6.07) is 19.9. The number of rotatable bonds is 10. The Bertz CT molecular complexity index is 1720. The molecular formula is C33H27F3N2O5S. The van der Waals surface area contributed by atoms with Crippen molar-refractivity contribution in [2.24, 2.45) is 5.10 Å². The number of hydrazone groups is 1. The molecule has 0 N–H and O–H groups in total. The van der Waals surface area contributed by atoms with Crippen molar-refractivity contribution >= 4 is 28.5 Å². The molecule has 0 aromatic heterocycles. The fourth-order valence-electron chi connectivity index (χ4n) is 4.72. The smallest absolute Gasteiger partial charge is 0.281 e. The van der Waals surface area contributed by atoms with Crippen LogP contribution in [0.5, 0.6) is 17.2 Å². The zero-order valence-electron chi connectivity index (χ0n) is 24.0. The van der Waals surface area contributed by atoms with Gasteiger partial charge in [0.2, 0.25) is 0 Å². The summed E-state index contributed by atoms with van der Waals surface area (Å²) >= 11 is 1.13. The van der Waals surface area contributed by atoms with Crippen LogP contribution in [0.4, 0.5) is 13.2 Å². The maximum absolute atomic E-state index is 15.0. The van der Waals surface area contributed by atoms with Crippen molar-refractivity contribution in [3.8, 4) is 17.2 Å². The van der Waals surface area contributed by atoms with Gasteiger partial charge in [-0.2, -0.15) is 5.10 Å². The van der Waals surface area contributed by atoms with Crippen molar-refractivity contribution in [2.45, 2.75) is 25.3 Å². The highest BCUT2D eigenvalue weighted by molar-refractivity contribution is 8.14. The summed E-state index contributed by atoms with van der Waals surface area (Å²) in [5, 5.41) is 4.81. The van der Waals surface area contributed by atoms with E-state index in [0.717, 1.165) is 40.0 Å². The van der Waals surface area contributed by atoms with Gasteiger partial charge in [0.25, 0.3) is 5.91 Å². The van der Waals surface area contributed by atoms with Gasteiger partial charge in [-0.05, 0) is 48.4 Å². The molecule has 0 saturated carbocycles. The predicted molar refractivity (Wildman–Crippen MR) is 161 cm³/mol. The molecule has 7 nitrogen and oxygen atoms in total. The lowest BCUT2D eigenvalue weighted by Gasteiger charge is -2.24. The summed E-state index contributed by atoms with van der Waals surface area (Å²) < 4.78 is 60.5. The lowest BCUT2D eigenvalue weighted by molar-refractivity contribution is -0.116. The van der Waals surface area contributed by atoms with Gasteiger partial charge in [-0.1, -0.05) is 48.2 Å². The number of hydrogen-bond donors (Lipinski definition) is 0. The van der Waals surface area contributed by atoms with Crippen LogP contribution in [0, 0.1) is 17.5 Å². The second kappa shape index (κ2) is 13.3. The van der Waals surface area contributed by atoms with E-state index in [4.69, 9.17) is 14.2 Å². The Balaban J connectivity index is 1.51. The van der Waals surface area contributed by atoms with Gasteiger partial charge in [-0.3, -0.25) is 9.59 Å². The number of ketones is 1. The molecule has 1 aliphatic heterocycles. The predicted octanol–water partition coefficient (Wildman–Crippen LogP) is 7.08. The first-order valence-electron chi connectivity index (χ1n) is 13.4. The molecule has 1 heterocycles. The number of ether oxygens (including phenoxy) is 3. The normalized spacial score (nSPS) is 14.3. The maximum atomic E-state index is 15.0. The van der Waals surface area contributed by atoms with E-state index >= 15 is 8.78 Å². The highest BCUT2D eigenvalue weighted by Gasteiger charge is 2.39. The van der Waals surface area contributed by atoms with Crippen LogP contribution >= 0.6 is 11.8 Å². The average molecular weight is 621 g/mol. The van der Waals surface area contributed by atoms with Crippen LogP contribution in [-0.4, -0.2) is 36.0 Å². The summed E-state index contributed by atoms with van der Waals surface area (Å²) in [4.78, 5) is 25.3. The van der Waals surface area contributed by atoms with Crippen molar-refractivity contribution in [1.29, 1.82) is 0 Å². The van der Waals surface area contributed by atoms with Crippen molar-refractivity contribution < 1.29 is 37.0 Å². The molecule has 0 bridgehead atoms. The minimum Gasteiger partial charge on any atom is -0.497 e. The van der Waals surface area contributed by atoms with Crippen molar-refractivity contribution in [3.63, 3.8) is 0 Å². The molecule has 1 atom stereocenters. The zero-order chi connectivity index (χ0) is 31.4. The molecule has 0 fully saturated rings. The van der Waals surface area contributed by atoms with E-state index in [9.17, 15) is 14.0 Å². The molecule has 0 aliphatic carbocycles. The molecule has 4 aromatic rings. The van der Waals surface area contributed by atoms with Crippen LogP contribution in [0.3, 0.4) is 0 Å². The van der Waals surface area contributed by atoms with Gasteiger partial charge >= 0.3 is 0 Å². The number of nitrogens with zero attached hydrogens (tertiary/aromatic N) is 2. The average Bonchev–Trinajstić information content (AvgIpc) is 3.45. The molecule has 1 unspecified atom stereocenters. The summed E-state index contributed by atoms with van der Waals surface area (Å²) in [7, 11) is 2.70. The first-order chi connectivity index (χ1) is 21.2. The molecule has 0 radical (unpaired) electrons. The fraction of sp³-hybridized carbons (Fsp3) is 0.182. The van der Waals surface area contributed by atoms with Crippen LogP contribution in [0.15, 0.2) is 84.0 Å². The Morgan fingerprint density at radius 2 is 1.57 bits per heavy atom. The van der Waals surface area contributed by atoms with Gasteiger partial charge < -0.3 is 14.2 Å². The Morgan fingerprint density at radius 1 is 0.886 bits per heavy atom. The quantitative estimate of drug-likeness (QED) is 0.189. The van der Waals surface area contributed by atoms with Crippen LogP contribution in [-0.2, 0) is 17.8 Å². The number of thioether (sulfide) groups is 1. The van der Waals surface area contributed by atoms with Crippen LogP contribution < -0.4 is 14.2 Å². The largest absolute Gasteiger partial charge is 0.497 e. The van der Waals surface area contributed by atoms with Crippen LogP contribution in [0.1, 0.15) is 44.9 Å². The maximum Gasteiger partial charge on any atom is 0.281 e. The molecule has 4 aromatic carbocycles. The highest BCUT2D eigenvalue weighted by Crippen LogP contribution is 2.48. The number of para-hydroxylation sites is 1. The third kappa shape index (κ3) is 6.57. The number of halogens is 3. The molecule has 226 valence electrons. The monoisotopic (exact) mass is 620 g/mol. The molecule has 5 rings (SSSR count). The van der Waals surface area contributed by atoms with Gasteiger partial charge in [0.1, 0.15) is 51.6 Å². The summed E-state index contributed by atoms with van der Waals surface area (Å²) in [5.41, 5.74) is 1.83. The first kappa shape index (κ1) is 30.7. The van der Waals surface area contributed by atoms with Crippen molar-refractivity contribution in [1.82, 2.24) is 5.01 Å². The second-order valence-electron chi connectivity index (χ2n) is 9.86. The van der Waals surface area contributed by atoms with E-state index in [0.29, 0.717) is 28.3 Å². The molecule has 1 amide bonds. The second-order valence-corrected chi connectivity index (χ2v) is 10.9. The number of carbonyl (C=O) groups is 2. The topological polar surface area (TPSA) is 77.4 Å². The van der Waals surface area contributed by atoms with Crippen LogP contribution in [0.2, 0.25) is 0 Å². The molecule has 44 heavy (non-hydrogen) atoms. The number of benzene rings is 4. The molecule has 0 saturated heterocycles. The summed E-state index contributed by atoms with van der Waals surface area (Å²) in [6.07, 6.45) is 0.307. The van der Waals surface area contributed by atoms with E-state index in [2.05, 4.69) is 5.10 Å². The number of Topliss-reactive ketones (excluding diaryl/α,β-unsaturated/α-hetero) is 1. The Morgan fingerprint density at radius 3 is 2.23 bits per heavy atom. The SMILES string of the molecule is COc1cc(F)c(C(=O)N2N=C(c3ccc(F)cc3)SC2c2cccc(OCc3cccc(CC(C)=O)c3)c2OC)c(F)c1. The summed E-state index contributed by atoms with van der Waals surface area (Å²) in [6.45, 7) is 1.68. The third-order valence-electron chi connectivity index (χ3n) is 6.73. The highest BCUT2D eigenvalue weighted by atomic mass is 32.2. The number of amides is 1. The zero-order valence-corrected chi connectivity index (χ0v) is 24.8. The standard InChI is InChI=1S/C33H27F3N2O5S/c1-19(39)14-20-6-4-7-21(15-20)18-43-28-9-5-8-25(30(28)42-3)33-38(37-31(44-33)22-10-12-23(34)13-11-22)32(40)29-26(35)16-24(41-2)17-27(29)36/h4-13,15-17,33H,14,18H2,1-3H3. The molecule has 0 spiro atoms.